The third kappa shape index (κ3) is 2.63. The van der Waals surface area contributed by atoms with Crippen molar-refractivity contribution in [1.82, 2.24) is 4.90 Å². The predicted molar refractivity (Wildman–Crippen MR) is 64.6 cm³/mol. The molecular formula is C12H19N3. The van der Waals surface area contributed by atoms with Crippen LogP contribution in [0, 0.1) is 0 Å². The van der Waals surface area contributed by atoms with Gasteiger partial charge < -0.3 is 16.4 Å². The van der Waals surface area contributed by atoms with E-state index in [1.807, 2.05) is 18.2 Å². The van der Waals surface area contributed by atoms with Crippen LogP contribution in [-0.4, -0.2) is 24.5 Å². The largest absolute Gasteiger partial charge is 0.399 e. The smallest absolute Gasteiger partial charge is 0.0348 e. The number of hydrogen-bond donors (Lipinski definition) is 2. The van der Waals surface area contributed by atoms with Gasteiger partial charge in [-0.15, -0.1) is 0 Å². The van der Waals surface area contributed by atoms with Gasteiger partial charge in [-0.3, -0.25) is 0 Å². The van der Waals surface area contributed by atoms with Crippen LogP contribution in [0.1, 0.15) is 18.4 Å². The lowest BCUT2D eigenvalue weighted by Crippen LogP contribution is -2.22. The van der Waals surface area contributed by atoms with Crippen LogP contribution in [0.4, 0.5) is 11.4 Å². The van der Waals surface area contributed by atoms with Gasteiger partial charge in [0.1, 0.15) is 0 Å². The summed E-state index contributed by atoms with van der Waals surface area (Å²) in [5.74, 6) is 0. The molecule has 0 spiro atoms. The number of nitrogens with two attached hydrogens (primary N) is 2. The number of nitrogens with zero attached hydrogens (tertiary/aromatic N) is 1. The molecule has 1 aliphatic rings. The maximum Gasteiger partial charge on any atom is 0.0348 e. The minimum Gasteiger partial charge on any atom is -0.399 e. The highest BCUT2D eigenvalue weighted by Crippen LogP contribution is 2.17. The lowest BCUT2D eigenvalue weighted by molar-refractivity contribution is 0.344. The van der Waals surface area contributed by atoms with Gasteiger partial charge in [0.15, 0.2) is 0 Å². The monoisotopic (exact) mass is 205 g/mol. The Balaban J connectivity index is 1.94. The van der Waals surface area contributed by atoms with E-state index in [-0.39, 0.29) is 0 Å². The maximum absolute atomic E-state index is 5.90. The fraction of sp³-hybridized carbons (Fsp3) is 0.500. The van der Waals surface area contributed by atoms with Gasteiger partial charge in [0.05, 0.1) is 0 Å². The Morgan fingerprint density at radius 1 is 1.13 bits per heavy atom. The van der Waals surface area contributed by atoms with Crippen molar-refractivity contribution < 1.29 is 0 Å². The van der Waals surface area contributed by atoms with E-state index in [0.717, 1.165) is 24.3 Å². The summed E-state index contributed by atoms with van der Waals surface area (Å²) >= 11 is 0. The van der Waals surface area contributed by atoms with Crippen LogP contribution in [0.25, 0.3) is 0 Å². The number of anilines is 2. The summed E-state index contributed by atoms with van der Waals surface area (Å²) in [4.78, 5) is 2.49. The van der Waals surface area contributed by atoms with Crippen LogP contribution >= 0.6 is 0 Å². The number of rotatable bonds is 3. The Labute approximate surface area is 91.1 Å². The van der Waals surface area contributed by atoms with Crippen molar-refractivity contribution in [3.8, 4) is 0 Å². The van der Waals surface area contributed by atoms with Crippen LogP contribution in [0.5, 0.6) is 0 Å². The van der Waals surface area contributed by atoms with Crippen molar-refractivity contribution in [3.05, 3.63) is 23.8 Å². The molecule has 0 unspecified atom stereocenters. The summed E-state index contributed by atoms with van der Waals surface area (Å²) in [6.45, 7) is 3.58. The second kappa shape index (κ2) is 4.53. The van der Waals surface area contributed by atoms with E-state index in [1.165, 1.54) is 31.5 Å². The molecule has 3 heteroatoms. The van der Waals surface area contributed by atoms with Crippen LogP contribution in [0.2, 0.25) is 0 Å². The van der Waals surface area contributed by atoms with Crippen LogP contribution in [-0.2, 0) is 6.42 Å². The zero-order valence-corrected chi connectivity index (χ0v) is 9.08. The van der Waals surface area contributed by atoms with Crippen LogP contribution in [0.3, 0.4) is 0 Å². The van der Waals surface area contributed by atoms with Gasteiger partial charge in [-0.1, -0.05) is 0 Å². The number of benzene rings is 1. The Kier molecular flexibility index (Phi) is 3.11. The third-order valence-corrected chi connectivity index (χ3v) is 3.06. The lowest BCUT2D eigenvalue weighted by Gasteiger charge is -2.15. The zero-order valence-electron chi connectivity index (χ0n) is 9.08. The van der Waals surface area contributed by atoms with Gasteiger partial charge >= 0.3 is 0 Å². The summed E-state index contributed by atoms with van der Waals surface area (Å²) < 4.78 is 0. The second-order valence-electron chi connectivity index (χ2n) is 4.26. The van der Waals surface area contributed by atoms with Gasteiger partial charge in [-0.25, -0.2) is 0 Å². The van der Waals surface area contributed by atoms with Crippen molar-refractivity contribution in [2.45, 2.75) is 19.3 Å². The van der Waals surface area contributed by atoms with Crippen LogP contribution in [0.15, 0.2) is 18.2 Å². The second-order valence-corrected chi connectivity index (χ2v) is 4.26. The Hall–Kier alpha value is -1.22. The molecule has 0 aromatic heterocycles. The summed E-state index contributed by atoms with van der Waals surface area (Å²) in [5, 5.41) is 0. The number of nitrogen functional groups attached to an aromatic ring is 2. The highest BCUT2D eigenvalue weighted by atomic mass is 15.1. The van der Waals surface area contributed by atoms with Gasteiger partial charge in [0, 0.05) is 17.9 Å². The first-order chi connectivity index (χ1) is 7.25. The van der Waals surface area contributed by atoms with Crippen LogP contribution < -0.4 is 11.5 Å². The van der Waals surface area contributed by atoms with E-state index < -0.39 is 0 Å². The van der Waals surface area contributed by atoms with Gasteiger partial charge in [0.25, 0.3) is 0 Å². The predicted octanol–water partition coefficient (Wildman–Crippen LogP) is 1.49. The molecule has 2 rings (SSSR count). The Morgan fingerprint density at radius 3 is 2.60 bits per heavy atom. The normalized spacial score (nSPS) is 17.1. The van der Waals surface area contributed by atoms with Crippen molar-refractivity contribution in [2.75, 3.05) is 31.1 Å². The Bertz CT molecular complexity index is 330. The summed E-state index contributed by atoms with van der Waals surface area (Å²) in [6.07, 6.45) is 3.69. The molecule has 1 fully saturated rings. The van der Waals surface area contributed by atoms with E-state index in [4.69, 9.17) is 11.5 Å². The topological polar surface area (TPSA) is 55.3 Å². The molecule has 4 N–H and O–H groups in total. The molecule has 1 aromatic rings. The molecule has 0 aliphatic carbocycles. The first-order valence-corrected chi connectivity index (χ1v) is 5.62. The quantitative estimate of drug-likeness (QED) is 0.735. The molecule has 3 nitrogen and oxygen atoms in total. The zero-order chi connectivity index (χ0) is 10.7. The molecule has 82 valence electrons. The SMILES string of the molecule is Nc1ccc(N)c(CCN2CCCC2)c1. The average molecular weight is 205 g/mol. The van der Waals surface area contributed by atoms with E-state index >= 15 is 0 Å². The molecule has 1 heterocycles. The standard InChI is InChI=1S/C12H19N3/c13-11-3-4-12(14)10(9-11)5-8-15-6-1-2-7-15/h3-4,9H,1-2,5-8,13-14H2. The van der Waals surface area contributed by atoms with E-state index in [1.54, 1.807) is 0 Å². The van der Waals surface area contributed by atoms with E-state index in [2.05, 4.69) is 4.90 Å². The van der Waals surface area contributed by atoms with Crippen molar-refractivity contribution in [3.63, 3.8) is 0 Å². The first kappa shape index (κ1) is 10.3. The molecule has 0 radical (unpaired) electrons. The molecule has 15 heavy (non-hydrogen) atoms. The number of likely N-dealkylation sites (tertiary alicyclic amines) is 1. The fourth-order valence-corrected chi connectivity index (χ4v) is 2.13. The summed E-state index contributed by atoms with van der Waals surface area (Å²) in [7, 11) is 0. The van der Waals surface area contributed by atoms with Gasteiger partial charge in [-0.2, -0.15) is 0 Å². The van der Waals surface area contributed by atoms with Gasteiger partial charge in [0.2, 0.25) is 0 Å². The van der Waals surface area contributed by atoms with Crippen molar-refractivity contribution >= 4 is 11.4 Å². The summed E-state index contributed by atoms with van der Waals surface area (Å²) in [6, 6.07) is 5.74. The Morgan fingerprint density at radius 2 is 1.87 bits per heavy atom. The molecule has 0 bridgehead atoms. The molecule has 1 aromatic carbocycles. The molecule has 1 saturated heterocycles. The average Bonchev–Trinajstić information content (AvgIpc) is 2.72. The lowest BCUT2D eigenvalue weighted by atomic mass is 10.1. The maximum atomic E-state index is 5.90. The first-order valence-electron chi connectivity index (χ1n) is 5.62. The summed E-state index contributed by atoms with van der Waals surface area (Å²) in [5.41, 5.74) is 14.5. The molecule has 1 aliphatic heterocycles. The highest BCUT2D eigenvalue weighted by Gasteiger charge is 2.11. The van der Waals surface area contributed by atoms with E-state index in [0.29, 0.717) is 0 Å². The number of hydrogen-bond acceptors (Lipinski definition) is 3. The minimum absolute atomic E-state index is 0.806. The molecule has 0 amide bonds. The third-order valence-electron chi connectivity index (χ3n) is 3.06. The fourth-order valence-electron chi connectivity index (χ4n) is 2.13. The highest BCUT2D eigenvalue weighted by molar-refractivity contribution is 5.55. The van der Waals surface area contributed by atoms with Crippen molar-refractivity contribution in [1.29, 1.82) is 0 Å². The molecule has 0 atom stereocenters. The van der Waals surface area contributed by atoms with Crippen molar-refractivity contribution in [2.24, 2.45) is 0 Å². The molecular weight excluding hydrogens is 186 g/mol. The van der Waals surface area contributed by atoms with E-state index in [9.17, 15) is 0 Å². The van der Waals surface area contributed by atoms with Gasteiger partial charge in [-0.05, 0) is 56.1 Å². The molecule has 0 saturated carbocycles. The minimum atomic E-state index is 0.806.